The first-order chi connectivity index (χ1) is 14.1. The van der Waals surface area contributed by atoms with Crippen LogP contribution in [0.25, 0.3) is 0 Å². The van der Waals surface area contributed by atoms with Crippen LogP contribution in [0.1, 0.15) is 18.9 Å². The average molecular weight is 472 g/mol. The number of rotatable bonds is 3. The van der Waals surface area contributed by atoms with Crippen molar-refractivity contribution in [3.8, 4) is 0 Å². The Morgan fingerprint density at radius 1 is 1.28 bits per heavy atom. The summed E-state index contributed by atoms with van der Waals surface area (Å²) in [4.78, 5) is 31.5. The second kappa shape index (κ2) is 7.15. The molecule has 2 aromatic rings. The Kier molecular flexibility index (Phi) is 4.72. The second-order valence-electron chi connectivity index (χ2n) is 7.74. The summed E-state index contributed by atoms with van der Waals surface area (Å²) >= 11 is 5.31. The number of carbonyl (C=O) groups is 2. The third kappa shape index (κ3) is 2.71. The number of fused-ring (bicyclic) bond motifs is 4. The minimum atomic E-state index is -0.906. The van der Waals surface area contributed by atoms with Crippen molar-refractivity contribution in [1.29, 1.82) is 0 Å². The minimum absolute atomic E-state index is 0.0422. The molecule has 3 aliphatic rings. The molecule has 5 nitrogen and oxygen atoms in total. The lowest BCUT2D eigenvalue weighted by molar-refractivity contribution is -0.136. The van der Waals surface area contributed by atoms with Crippen molar-refractivity contribution in [3.05, 3.63) is 58.6 Å². The quantitative estimate of drug-likeness (QED) is 0.733. The molecule has 0 bridgehead atoms. The molecule has 0 unspecified atom stereocenters. The number of nitrogens with one attached hydrogen (secondary N) is 1. The lowest BCUT2D eigenvalue weighted by Gasteiger charge is -2.36. The monoisotopic (exact) mass is 471 g/mol. The molecule has 3 heterocycles. The van der Waals surface area contributed by atoms with Crippen LogP contribution in [0.5, 0.6) is 0 Å². The van der Waals surface area contributed by atoms with Gasteiger partial charge in [-0.25, -0.2) is 0 Å². The van der Waals surface area contributed by atoms with E-state index in [1.165, 1.54) is 0 Å². The SMILES string of the molecule is CCN1C(=O)[C@]2(c3ccccc31)[C@@H](C(=O)Nc1cccc(Br)c1)C[C@H]1CSCN12. The number of hydrogen-bond acceptors (Lipinski definition) is 4. The molecule has 3 atom stereocenters. The predicted octanol–water partition coefficient (Wildman–Crippen LogP) is 4.04. The van der Waals surface area contributed by atoms with Crippen molar-refractivity contribution in [2.24, 2.45) is 5.92 Å². The fourth-order valence-electron chi connectivity index (χ4n) is 5.19. The van der Waals surface area contributed by atoms with E-state index in [9.17, 15) is 9.59 Å². The Morgan fingerprint density at radius 2 is 2.10 bits per heavy atom. The van der Waals surface area contributed by atoms with E-state index < -0.39 is 11.5 Å². The summed E-state index contributed by atoms with van der Waals surface area (Å²) < 4.78 is 0.910. The van der Waals surface area contributed by atoms with Crippen LogP contribution >= 0.6 is 27.7 Å². The van der Waals surface area contributed by atoms with Gasteiger partial charge in [0.2, 0.25) is 5.91 Å². The summed E-state index contributed by atoms with van der Waals surface area (Å²) in [5.41, 5.74) is 1.76. The number of para-hydroxylation sites is 1. The Labute approximate surface area is 183 Å². The number of amides is 2. The van der Waals surface area contributed by atoms with Gasteiger partial charge in [0.25, 0.3) is 5.91 Å². The molecular formula is C22H22BrN3O2S. The number of benzene rings is 2. The topological polar surface area (TPSA) is 52.7 Å². The number of anilines is 2. The summed E-state index contributed by atoms with van der Waals surface area (Å²) in [5.74, 6) is 1.29. The van der Waals surface area contributed by atoms with Crippen molar-refractivity contribution >= 4 is 50.9 Å². The van der Waals surface area contributed by atoms with Gasteiger partial charge in [-0.05, 0) is 37.6 Å². The molecular weight excluding hydrogens is 450 g/mol. The minimum Gasteiger partial charge on any atom is -0.326 e. The van der Waals surface area contributed by atoms with Crippen LogP contribution in [0.3, 0.4) is 0 Å². The van der Waals surface area contributed by atoms with Crippen LogP contribution in [0.15, 0.2) is 53.0 Å². The van der Waals surface area contributed by atoms with E-state index in [0.717, 1.165) is 33.0 Å². The van der Waals surface area contributed by atoms with Crippen LogP contribution in [0, 0.1) is 5.92 Å². The molecule has 0 aliphatic carbocycles. The summed E-state index contributed by atoms with van der Waals surface area (Å²) in [5, 5.41) is 3.08. The summed E-state index contributed by atoms with van der Waals surface area (Å²) in [7, 11) is 0. The fraction of sp³-hybridized carbons (Fsp3) is 0.364. The third-order valence-electron chi connectivity index (χ3n) is 6.35. The highest BCUT2D eigenvalue weighted by Gasteiger charge is 2.67. The van der Waals surface area contributed by atoms with E-state index in [0.29, 0.717) is 13.0 Å². The van der Waals surface area contributed by atoms with Crippen molar-refractivity contribution in [2.75, 3.05) is 28.4 Å². The molecule has 2 amide bonds. The lowest BCUT2D eigenvalue weighted by atomic mass is 9.79. The number of hydrogen-bond donors (Lipinski definition) is 1. The molecule has 1 N–H and O–H groups in total. The van der Waals surface area contributed by atoms with Crippen LogP contribution in [-0.4, -0.2) is 40.9 Å². The van der Waals surface area contributed by atoms with Crippen molar-refractivity contribution in [2.45, 2.75) is 24.9 Å². The first kappa shape index (κ1) is 19.2. The number of nitrogens with zero attached hydrogens (tertiary/aromatic N) is 2. The Balaban J connectivity index is 1.61. The second-order valence-corrected chi connectivity index (χ2v) is 9.66. The molecule has 0 saturated carbocycles. The molecule has 0 aromatic heterocycles. The van der Waals surface area contributed by atoms with Gasteiger partial charge in [0.05, 0.1) is 5.92 Å². The van der Waals surface area contributed by atoms with Gasteiger partial charge < -0.3 is 10.2 Å². The van der Waals surface area contributed by atoms with E-state index in [1.54, 1.807) is 0 Å². The largest absolute Gasteiger partial charge is 0.326 e. The summed E-state index contributed by atoms with van der Waals surface area (Å²) in [6.07, 6.45) is 0.699. The number of carbonyl (C=O) groups excluding carboxylic acids is 2. The fourth-order valence-corrected chi connectivity index (χ4v) is 6.90. The van der Waals surface area contributed by atoms with Gasteiger partial charge in [0.1, 0.15) is 5.54 Å². The van der Waals surface area contributed by atoms with Gasteiger partial charge in [0.15, 0.2) is 0 Å². The Morgan fingerprint density at radius 3 is 2.90 bits per heavy atom. The van der Waals surface area contributed by atoms with E-state index in [-0.39, 0.29) is 17.9 Å². The van der Waals surface area contributed by atoms with Gasteiger partial charge in [-0.1, -0.05) is 40.2 Å². The zero-order chi connectivity index (χ0) is 20.2. The maximum absolute atomic E-state index is 13.9. The van der Waals surface area contributed by atoms with E-state index in [1.807, 2.05) is 72.1 Å². The first-order valence-electron chi connectivity index (χ1n) is 9.89. The van der Waals surface area contributed by atoms with Crippen LogP contribution in [-0.2, 0) is 15.1 Å². The maximum atomic E-state index is 13.9. The zero-order valence-corrected chi connectivity index (χ0v) is 18.5. The zero-order valence-electron chi connectivity index (χ0n) is 16.1. The van der Waals surface area contributed by atoms with Crippen molar-refractivity contribution < 1.29 is 9.59 Å². The number of halogens is 1. The van der Waals surface area contributed by atoms with E-state index >= 15 is 0 Å². The maximum Gasteiger partial charge on any atom is 0.253 e. The molecule has 2 aromatic carbocycles. The molecule has 3 aliphatic heterocycles. The normalized spacial score (nSPS) is 28.1. The lowest BCUT2D eigenvalue weighted by Crippen LogP contribution is -2.55. The third-order valence-corrected chi connectivity index (χ3v) is 7.92. The van der Waals surface area contributed by atoms with Gasteiger partial charge >= 0.3 is 0 Å². The number of likely N-dealkylation sites (N-methyl/N-ethyl adjacent to an activating group) is 1. The average Bonchev–Trinajstić information content (AvgIpc) is 3.35. The summed E-state index contributed by atoms with van der Waals surface area (Å²) in [6.45, 7) is 2.60. The van der Waals surface area contributed by atoms with E-state index in [2.05, 4.69) is 26.1 Å². The molecule has 5 rings (SSSR count). The highest BCUT2D eigenvalue weighted by molar-refractivity contribution is 9.10. The van der Waals surface area contributed by atoms with Crippen LogP contribution in [0.4, 0.5) is 11.4 Å². The highest BCUT2D eigenvalue weighted by Crippen LogP contribution is 2.57. The Hall–Kier alpha value is -1.83. The number of thioether (sulfide) groups is 1. The molecule has 29 heavy (non-hydrogen) atoms. The van der Waals surface area contributed by atoms with Crippen LogP contribution in [0.2, 0.25) is 0 Å². The first-order valence-corrected chi connectivity index (χ1v) is 11.8. The molecule has 0 radical (unpaired) electrons. The molecule has 7 heteroatoms. The molecule has 2 fully saturated rings. The molecule has 2 saturated heterocycles. The summed E-state index contributed by atoms with van der Waals surface area (Å²) in [6, 6.07) is 15.8. The van der Waals surface area contributed by atoms with Gasteiger partial charge in [-0.3, -0.25) is 14.5 Å². The molecule has 150 valence electrons. The van der Waals surface area contributed by atoms with Gasteiger partial charge in [0, 0.05) is 45.6 Å². The van der Waals surface area contributed by atoms with Crippen LogP contribution < -0.4 is 10.2 Å². The van der Waals surface area contributed by atoms with Crippen molar-refractivity contribution in [3.63, 3.8) is 0 Å². The van der Waals surface area contributed by atoms with E-state index in [4.69, 9.17) is 0 Å². The standard InChI is InChI=1S/C22H22BrN3O2S/c1-2-25-19-9-4-3-8-17(19)22(21(25)28)18(11-16-12-29-13-26(16)22)20(27)24-15-7-5-6-14(23)10-15/h3-10,16,18H,2,11-13H2,1H3,(H,24,27)/t16-,18+,22-/m0/s1. The smallest absolute Gasteiger partial charge is 0.253 e. The molecule has 1 spiro atoms. The predicted molar refractivity (Wildman–Crippen MR) is 120 cm³/mol. The van der Waals surface area contributed by atoms with Crippen molar-refractivity contribution in [1.82, 2.24) is 4.90 Å². The van der Waals surface area contributed by atoms with Gasteiger partial charge in [-0.15, -0.1) is 11.8 Å². The van der Waals surface area contributed by atoms with Gasteiger partial charge in [-0.2, -0.15) is 0 Å². The Bertz CT molecular complexity index is 1000. The highest BCUT2D eigenvalue weighted by atomic mass is 79.9.